The summed E-state index contributed by atoms with van der Waals surface area (Å²) in [6, 6.07) is -0.107. The topological polar surface area (TPSA) is 70.4 Å². The lowest BCUT2D eigenvalue weighted by molar-refractivity contribution is 0.0585. The molecule has 6 nitrogen and oxygen atoms in total. The molecule has 1 aromatic heterocycles. The third kappa shape index (κ3) is 2.05. The Kier molecular flexibility index (Phi) is 3.44. The number of hydrogen-bond acceptors (Lipinski definition) is 5. The van der Waals surface area contributed by atoms with Gasteiger partial charge in [0.25, 0.3) is 0 Å². The summed E-state index contributed by atoms with van der Waals surface area (Å²) in [4.78, 5) is 26.4. The molecule has 1 atom stereocenters. The number of ether oxygens (including phenoxy) is 2. The monoisotopic (exact) mass is 258 g/mol. The van der Waals surface area contributed by atoms with Crippen molar-refractivity contribution in [1.29, 1.82) is 0 Å². The summed E-state index contributed by atoms with van der Waals surface area (Å²) in [5.74, 6) is -0.492. The van der Waals surface area contributed by atoms with E-state index in [0.29, 0.717) is 25.9 Å². The lowest BCUT2D eigenvalue weighted by Crippen LogP contribution is -2.18. The molecular formula is C10H11ClN2O4. The van der Waals surface area contributed by atoms with Gasteiger partial charge in [-0.1, -0.05) is 11.6 Å². The minimum atomic E-state index is -0.609. The maximum Gasteiger partial charge on any atom is 0.357 e. The van der Waals surface area contributed by atoms with Crippen LogP contribution in [0.15, 0.2) is 0 Å². The summed E-state index contributed by atoms with van der Waals surface area (Å²) in [6.07, 6.45) is 1.27. The average molecular weight is 259 g/mol. The van der Waals surface area contributed by atoms with Crippen molar-refractivity contribution in [3.8, 4) is 0 Å². The van der Waals surface area contributed by atoms with E-state index in [-0.39, 0.29) is 22.7 Å². The van der Waals surface area contributed by atoms with Gasteiger partial charge in [-0.3, -0.25) is 4.79 Å². The number of imidazole rings is 1. The number of nitrogens with zero attached hydrogens (tertiary/aromatic N) is 2. The van der Waals surface area contributed by atoms with Crippen molar-refractivity contribution in [3.63, 3.8) is 0 Å². The Bertz CT molecular complexity index is 451. The van der Waals surface area contributed by atoms with Gasteiger partial charge in [-0.15, -0.1) is 0 Å². The molecule has 0 spiro atoms. The normalized spacial score (nSPS) is 19.3. The Morgan fingerprint density at radius 3 is 3.00 bits per heavy atom. The standard InChI is InChI=1S/C10H11ClN2O4/c1-16-10(15)8-9(11)12-7(4-14)13(8)6-2-3-17-5-6/h4,6H,2-3,5H2,1H3/t6-/m0/s1. The maximum absolute atomic E-state index is 11.6. The molecular weight excluding hydrogens is 248 g/mol. The van der Waals surface area contributed by atoms with E-state index in [4.69, 9.17) is 16.3 Å². The minimum Gasteiger partial charge on any atom is -0.464 e. The maximum atomic E-state index is 11.6. The van der Waals surface area contributed by atoms with Gasteiger partial charge >= 0.3 is 5.97 Å². The second-order valence-electron chi connectivity index (χ2n) is 3.61. The Morgan fingerprint density at radius 2 is 2.47 bits per heavy atom. The first kappa shape index (κ1) is 12.1. The van der Waals surface area contributed by atoms with E-state index >= 15 is 0 Å². The third-order valence-corrected chi connectivity index (χ3v) is 2.91. The van der Waals surface area contributed by atoms with Crippen molar-refractivity contribution in [2.75, 3.05) is 20.3 Å². The summed E-state index contributed by atoms with van der Waals surface area (Å²) in [5, 5.41) is -0.0224. The highest BCUT2D eigenvalue weighted by molar-refractivity contribution is 6.32. The number of carbonyl (C=O) groups excluding carboxylic acids is 2. The van der Waals surface area contributed by atoms with Crippen LogP contribution >= 0.6 is 11.6 Å². The number of halogens is 1. The summed E-state index contributed by atoms with van der Waals surface area (Å²) in [5.41, 5.74) is 0.103. The van der Waals surface area contributed by atoms with E-state index in [1.54, 1.807) is 0 Å². The second kappa shape index (κ2) is 4.85. The molecule has 0 radical (unpaired) electrons. The fourth-order valence-corrected chi connectivity index (χ4v) is 2.13. The Balaban J connectivity index is 2.51. The number of aromatic nitrogens is 2. The van der Waals surface area contributed by atoms with Gasteiger partial charge in [0, 0.05) is 6.61 Å². The number of rotatable bonds is 3. The van der Waals surface area contributed by atoms with Crippen molar-refractivity contribution in [1.82, 2.24) is 9.55 Å². The molecule has 0 unspecified atom stereocenters. The van der Waals surface area contributed by atoms with Gasteiger partial charge in [0.05, 0.1) is 19.8 Å². The van der Waals surface area contributed by atoms with E-state index < -0.39 is 5.97 Å². The molecule has 2 heterocycles. The Morgan fingerprint density at radius 1 is 1.71 bits per heavy atom. The van der Waals surface area contributed by atoms with Crippen LogP contribution in [0.2, 0.25) is 5.15 Å². The van der Waals surface area contributed by atoms with Gasteiger partial charge in [0.15, 0.2) is 23.0 Å². The van der Waals surface area contributed by atoms with Crippen LogP contribution in [0.4, 0.5) is 0 Å². The Hall–Kier alpha value is -1.40. The highest BCUT2D eigenvalue weighted by Gasteiger charge is 2.29. The van der Waals surface area contributed by atoms with Crippen LogP contribution in [-0.2, 0) is 9.47 Å². The largest absolute Gasteiger partial charge is 0.464 e. The number of hydrogen-bond donors (Lipinski definition) is 0. The predicted octanol–water partition coefficient (Wildman–Crippen LogP) is 1.10. The van der Waals surface area contributed by atoms with Gasteiger partial charge in [0.1, 0.15) is 0 Å². The zero-order valence-corrected chi connectivity index (χ0v) is 9.94. The van der Waals surface area contributed by atoms with Gasteiger partial charge in [-0.2, -0.15) is 0 Å². The number of aldehydes is 1. The molecule has 7 heteroatoms. The fraction of sp³-hybridized carbons (Fsp3) is 0.500. The Labute approximate surface area is 102 Å². The molecule has 1 saturated heterocycles. The van der Waals surface area contributed by atoms with Crippen LogP contribution in [0, 0.1) is 0 Å². The van der Waals surface area contributed by atoms with Gasteiger partial charge in [-0.05, 0) is 6.42 Å². The molecule has 1 aromatic rings. The van der Waals surface area contributed by atoms with Crippen LogP contribution in [0.3, 0.4) is 0 Å². The highest BCUT2D eigenvalue weighted by Crippen LogP contribution is 2.27. The molecule has 92 valence electrons. The van der Waals surface area contributed by atoms with Crippen LogP contribution in [0.5, 0.6) is 0 Å². The molecule has 0 saturated carbocycles. The summed E-state index contributed by atoms with van der Waals surface area (Å²) < 4.78 is 11.4. The molecule has 1 fully saturated rings. The van der Waals surface area contributed by atoms with Crippen LogP contribution in [0.1, 0.15) is 33.6 Å². The van der Waals surface area contributed by atoms with Gasteiger partial charge in [0.2, 0.25) is 0 Å². The summed E-state index contributed by atoms with van der Waals surface area (Å²) >= 11 is 5.85. The number of methoxy groups -OCH3 is 1. The third-order valence-electron chi connectivity index (χ3n) is 2.65. The fourth-order valence-electron chi connectivity index (χ4n) is 1.88. The molecule has 0 amide bonds. The van der Waals surface area contributed by atoms with Crippen LogP contribution in [0.25, 0.3) is 0 Å². The second-order valence-corrected chi connectivity index (χ2v) is 3.96. The van der Waals surface area contributed by atoms with Gasteiger partial charge < -0.3 is 14.0 Å². The quantitative estimate of drug-likeness (QED) is 0.600. The lowest BCUT2D eigenvalue weighted by Gasteiger charge is -2.14. The van der Waals surface area contributed by atoms with E-state index in [0.717, 1.165) is 0 Å². The molecule has 0 bridgehead atoms. The summed E-state index contributed by atoms with van der Waals surface area (Å²) in [6.45, 7) is 1.01. The number of esters is 1. The SMILES string of the molecule is COC(=O)c1c(Cl)nc(C=O)n1[C@H]1CCOC1. The first-order valence-corrected chi connectivity index (χ1v) is 5.45. The smallest absolute Gasteiger partial charge is 0.357 e. The van der Waals surface area contributed by atoms with Crippen molar-refractivity contribution in [2.24, 2.45) is 0 Å². The lowest BCUT2D eigenvalue weighted by atomic mass is 10.2. The number of carbonyl (C=O) groups is 2. The zero-order valence-electron chi connectivity index (χ0n) is 9.18. The highest BCUT2D eigenvalue weighted by atomic mass is 35.5. The van der Waals surface area contributed by atoms with Crippen molar-refractivity contribution < 1.29 is 19.1 Å². The molecule has 0 N–H and O–H groups in total. The molecule has 1 aliphatic rings. The molecule has 0 aromatic carbocycles. The van der Waals surface area contributed by atoms with Crippen molar-refractivity contribution >= 4 is 23.9 Å². The van der Waals surface area contributed by atoms with Crippen molar-refractivity contribution in [3.05, 3.63) is 16.7 Å². The minimum absolute atomic E-state index is 0.0224. The zero-order chi connectivity index (χ0) is 12.4. The molecule has 17 heavy (non-hydrogen) atoms. The van der Waals surface area contributed by atoms with Crippen LogP contribution in [-0.4, -0.2) is 42.1 Å². The van der Waals surface area contributed by atoms with Crippen LogP contribution < -0.4 is 0 Å². The van der Waals surface area contributed by atoms with E-state index in [2.05, 4.69) is 9.72 Å². The molecule has 2 rings (SSSR count). The van der Waals surface area contributed by atoms with Crippen molar-refractivity contribution in [2.45, 2.75) is 12.5 Å². The molecule has 1 aliphatic heterocycles. The summed E-state index contributed by atoms with van der Waals surface area (Å²) in [7, 11) is 1.25. The first-order valence-electron chi connectivity index (χ1n) is 5.08. The molecule has 0 aliphatic carbocycles. The first-order chi connectivity index (χ1) is 8.19. The van der Waals surface area contributed by atoms with E-state index in [9.17, 15) is 9.59 Å². The van der Waals surface area contributed by atoms with E-state index in [1.807, 2.05) is 0 Å². The van der Waals surface area contributed by atoms with E-state index in [1.165, 1.54) is 11.7 Å². The average Bonchev–Trinajstić information content (AvgIpc) is 2.94. The predicted molar refractivity (Wildman–Crippen MR) is 58.4 cm³/mol. The van der Waals surface area contributed by atoms with Gasteiger partial charge in [-0.25, -0.2) is 9.78 Å².